The number of nitrogens with one attached hydrogen (secondary N) is 2. The summed E-state index contributed by atoms with van der Waals surface area (Å²) in [5.41, 5.74) is 5.61. The predicted molar refractivity (Wildman–Crippen MR) is 83.9 cm³/mol. The minimum atomic E-state index is 0.0530. The second kappa shape index (κ2) is 7.42. The molecule has 6 heteroatoms. The van der Waals surface area contributed by atoms with Crippen molar-refractivity contribution in [2.24, 2.45) is 5.92 Å². The molecule has 3 aliphatic heterocycles. The molecule has 6 nitrogen and oxygen atoms in total. The second-order valence-corrected chi connectivity index (χ2v) is 6.86. The Hall–Kier alpha value is -1.14. The number of hydrogen-bond donors (Lipinski definition) is 2. The van der Waals surface area contributed by atoms with Gasteiger partial charge in [0.05, 0.1) is 5.92 Å². The maximum Gasteiger partial charge on any atom is 0.235 e. The van der Waals surface area contributed by atoms with Crippen LogP contribution in [0.5, 0.6) is 0 Å². The van der Waals surface area contributed by atoms with E-state index in [1.807, 2.05) is 0 Å². The van der Waals surface area contributed by atoms with Gasteiger partial charge in [-0.15, -0.1) is 0 Å². The SMILES string of the molecule is O=C1CC(N2CCCC(C(=O)N3CCCCCC3)C2)CNN1. The Labute approximate surface area is 132 Å². The molecule has 2 N–H and O–H groups in total. The minimum Gasteiger partial charge on any atom is -0.342 e. The summed E-state index contributed by atoms with van der Waals surface area (Å²) in [6.07, 6.45) is 7.40. The molecule has 0 spiro atoms. The van der Waals surface area contributed by atoms with E-state index in [0.717, 1.165) is 58.4 Å². The lowest BCUT2D eigenvalue weighted by Crippen LogP contribution is -2.57. The van der Waals surface area contributed by atoms with Crippen molar-refractivity contribution in [2.75, 3.05) is 32.7 Å². The van der Waals surface area contributed by atoms with Gasteiger partial charge in [0.1, 0.15) is 0 Å². The van der Waals surface area contributed by atoms with Crippen molar-refractivity contribution in [3.63, 3.8) is 0 Å². The third-order valence-corrected chi connectivity index (χ3v) is 5.22. The van der Waals surface area contributed by atoms with E-state index in [-0.39, 0.29) is 17.9 Å². The average molecular weight is 308 g/mol. The molecule has 22 heavy (non-hydrogen) atoms. The van der Waals surface area contributed by atoms with E-state index < -0.39 is 0 Å². The molecule has 0 aromatic heterocycles. The molecular weight excluding hydrogens is 280 g/mol. The molecule has 0 aliphatic carbocycles. The van der Waals surface area contributed by atoms with E-state index >= 15 is 0 Å². The maximum atomic E-state index is 12.8. The lowest BCUT2D eigenvalue weighted by atomic mass is 9.94. The van der Waals surface area contributed by atoms with Crippen LogP contribution in [-0.2, 0) is 9.59 Å². The number of piperidine rings is 1. The van der Waals surface area contributed by atoms with Crippen molar-refractivity contribution in [1.82, 2.24) is 20.7 Å². The summed E-state index contributed by atoms with van der Waals surface area (Å²) in [4.78, 5) is 28.8. The quantitative estimate of drug-likeness (QED) is 0.779. The van der Waals surface area contributed by atoms with Gasteiger partial charge in [0, 0.05) is 38.6 Å². The van der Waals surface area contributed by atoms with Crippen LogP contribution in [0.1, 0.15) is 44.9 Å². The van der Waals surface area contributed by atoms with E-state index in [4.69, 9.17) is 0 Å². The Bertz CT molecular complexity index is 407. The normalized spacial score (nSPS) is 31.5. The average Bonchev–Trinajstić information content (AvgIpc) is 2.83. The topological polar surface area (TPSA) is 64.7 Å². The third kappa shape index (κ3) is 3.79. The first-order valence-electron chi connectivity index (χ1n) is 8.78. The van der Waals surface area contributed by atoms with E-state index in [1.165, 1.54) is 12.8 Å². The Morgan fingerprint density at radius 1 is 1.05 bits per heavy atom. The standard InChI is InChI=1S/C16H28N4O2/c21-15-10-14(11-17-18-15)20-9-5-6-13(12-20)16(22)19-7-3-1-2-4-8-19/h13-14,17H,1-12H2,(H,18,21). The van der Waals surface area contributed by atoms with Gasteiger partial charge < -0.3 is 4.90 Å². The summed E-state index contributed by atoms with van der Waals surface area (Å²) in [6.45, 7) is 4.46. The molecule has 2 amide bonds. The molecule has 3 heterocycles. The lowest BCUT2D eigenvalue weighted by Gasteiger charge is -2.40. The Morgan fingerprint density at radius 3 is 2.55 bits per heavy atom. The molecule has 3 fully saturated rings. The summed E-state index contributed by atoms with van der Waals surface area (Å²) in [5, 5.41) is 0. The van der Waals surface area contributed by atoms with Crippen LogP contribution in [0.2, 0.25) is 0 Å². The van der Waals surface area contributed by atoms with Gasteiger partial charge in [-0.1, -0.05) is 12.8 Å². The van der Waals surface area contributed by atoms with Gasteiger partial charge in [-0.3, -0.25) is 19.9 Å². The molecule has 3 rings (SSSR count). The minimum absolute atomic E-state index is 0.0530. The van der Waals surface area contributed by atoms with Crippen molar-refractivity contribution in [3.05, 3.63) is 0 Å². The van der Waals surface area contributed by atoms with Gasteiger partial charge in [0.2, 0.25) is 11.8 Å². The summed E-state index contributed by atoms with van der Waals surface area (Å²) in [5.74, 6) is 0.522. The largest absolute Gasteiger partial charge is 0.342 e. The lowest BCUT2D eigenvalue weighted by molar-refractivity contribution is -0.137. The fraction of sp³-hybridized carbons (Fsp3) is 0.875. The smallest absolute Gasteiger partial charge is 0.235 e. The fourth-order valence-corrected chi connectivity index (χ4v) is 3.95. The van der Waals surface area contributed by atoms with Crippen LogP contribution in [0.25, 0.3) is 0 Å². The van der Waals surface area contributed by atoms with Crippen LogP contribution < -0.4 is 10.9 Å². The van der Waals surface area contributed by atoms with E-state index in [9.17, 15) is 9.59 Å². The number of hydrazine groups is 1. The van der Waals surface area contributed by atoms with Crippen LogP contribution >= 0.6 is 0 Å². The third-order valence-electron chi connectivity index (χ3n) is 5.22. The van der Waals surface area contributed by atoms with E-state index in [1.54, 1.807) is 0 Å². The van der Waals surface area contributed by atoms with Gasteiger partial charge in [0.15, 0.2) is 0 Å². The van der Waals surface area contributed by atoms with Gasteiger partial charge in [-0.2, -0.15) is 0 Å². The van der Waals surface area contributed by atoms with Gasteiger partial charge in [-0.25, -0.2) is 5.43 Å². The highest BCUT2D eigenvalue weighted by atomic mass is 16.2. The summed E-state index contributed by atoms with van der Waals surface area (Å²) >= 11 is 0. The molecule has 0 aromatic carbocycles. The molecule has 0 saturated carbocycles. The molecular formula is C16H28N4O2. The Kier molecular flexibility index (Phi) is 5.31. The summed E-state index contributed by atoms with van der Waals surface area (Å²) in [7, 11) is 0. The number of hydrogen-bond acceptors (Lipinski definition) is 4. The van der Waals surface area contributed by atoms with Crippen molar-refractivity contribution in [3.8, 4) is 0 Å². The maximum absolute atomic E-state index is 12.8. The second-order valence-electron chi connectivity index (χ2n) is 6.86. The number of nitrogens with zero attached hydrogens (tertiary/aromatic N) is 2. The first-order valence-corrected chi connectivity index (χ1v) is 8.78. The van der Waals surface area contributed by atoms with E-state index in [2.05, 4.69) is 20.7 Å². The van der Waals surface area contributed by atoms with Crippen LogP contribution in [0.15, 0.2) is 0 Å². The number of amides is 2. The van der Waals surface area contributed by atoms with Gasteiger partial charge in [-0.05, 0) is 32.2 Å². The monoisotopic (exact) mass is 308 g/mol. The number of carbonyl (C=O) groups is 2. The zero-order valence-corrected chi connectivity index (χ0v) is 13.4. The molecule has 0 aromatic rings. The highest BCUT2D eigenvalue weighted by molar-refractivity contribution is 5.79. The van der Waals surface area contributed by atoms with Crippen molar-refractivity contribution in [1.29, 1.82) is 0 Å². The first kappa shape index (κ1) is 15.7. The fourth-order valence-electron chi connectivity index (χ4n) is 3.95. The van der Waals surface area contributed by atoms with Crippen molar-refractivity contribution < 1.29 is 9.59 Å². The number of rotatable bonds is 2. The number of carbonyl (C=O) groups excluding carboxylic acids is 2. The Balaban J connectivity index is 1.57. The zero-order chi connectivity index (χ0) is 15.4. The summed E-state index contributed by atoms with van der Waals surface area (Å²) < 4.78 is 0. The number of likely N-dealkylation sites (tertiary alicyclic amines) is 2. The van der Waals surface area contributed by atoms with Crippen LogP contribution in [0, 0.1) is 5.92 Å². The van der Waals surface area contributed by atoms with Crippen molar-refractivity contribution >= 4 is 11.8 Å². The highest BCUT2D eigenvalue weighted by Gasteiger charge is 2.33. The molecule has 2 unspecified atom stereocenters. The van der Waals surface area contributed by atoms with Crippen LogP contribution in [-0.4, -0.2) is 60.4 Å². The molecule has 3 aliphatic rings. The molecule has 3 saturated heterocycles. The van der Waals surface area contributed by atoms with Crippen molar-refractivity contribution in [2.45, 2.75) is 51.0 Å². The predicted octanol–water partition coefficient (Wildman–Crippen LogP) is 0.494. The zero-order valence-electron chi connectivity index (χ0n) is 13.4. The first-order chi connectivity index (χ1) is 10.7. The van der Waals surface area contributed by atoms with Crippen LogP contribution in [0.3, 0.4) is 0 Å². The highest BCUT2D eigenvalue weighted by Crippen LogP contribution is 2.23. The summed E-state index contributed by atoms with van der Waals surface area (Å²) in [6, 6.07) is 0.230. The Morgan fingerprint density at radius 2 is 1.82 bits per heavy atom. The van der Waals surface area contributed by atoms with Crippen LogP contribution in [0.4, 0.5) is 0 Å². The van der Waals surface area contributed by atoms with E-state index in [0.29, 0.717) is 12.3 Å². The molecule has 0 radical (unpaired) electrons. The molecule has 2 atom stereocenters. The molecule has 0 bridgehead atoms. The van der Waals surface area contributed by atoms with Gasteiger partial charge >= 0.3 is 0 Å². The molecule has 124 valence electrons. The van der Waals surface area contributed by atoms with Gasteiger partial charge in [0.25, 0.3) is 0 Å².